The summed E-state index contributed by atoms with van der Waals surface area (Å²) in [6, 6.07) is 7.20. The van der Waals surface area contributed by atoms with Gasteiger partial charge in [-0.3, -0.25) is 9.59 Å². The van der Waals surface area contributed by atoms with E-state index < -0.39 is 0 Å². The highest BCUT2D eigenvalue weighted by Gasteiger charge is 2.12. The molecule has 0 fully saturated rings. The largest absolute Gasteiger partial charge is 0.495 e. The Balaban J connectivity index is 1.83. The summed E-state index contributed by atoms with van der Waals surface area (Å²) in [6.07, 6.45) is 0.434. The first-order valence-electron chi connectivity index (χ1n) is 7.67. The van der Waals surface area contributed by atoms with Crippen molar-refractivity contribution in [1.82, 2.24) is 10.2 Å². The molecule has 25 heavy (non-hydrogen) atoms. The summed E-state index contributed by atoms with van der Waals surface area (Å²) in [6.45, 7) is 3.95. The Labute approximate surface area is 154 Å². The first-order valence-corrected chi connectivity index (χ1v) is 9.47. The van der Waals surface area contributed by atoms with Gasteiger partial charge in [0.05, 0.1) is 18.6 Å². The topological polar surface area (TPSA) is 93.2 Å². The first kappa shape index (κ1) is 19.2. The molecule has 0 unspecified atom stereocenters. The number of hydrogen-bond acceptors (Lipinski definition) is 7. The fourth-order valence-corrected chi connectivity index (χ4v) is 3.49. The second-order valence-electron chi connectivity index (χ2n) is 5.56. The molecule has 0 bridgehead atoms. The molecule has 2 N–H and O–H groups in total. The highest BCUT2D eigenvalue weighted by atomic mass is 32.2. The zero-order chi connectivity index (χ0) is 18.2. The summed E-state index contributed by atoms with van der Waals surface area (Å²) in [5, 5.41) is 13.8. The predicted octanol–water partition coefficient (Wildman–Crippen LogP) is 3.26. The van der Waals surface area contributed by atoms with Crippen LogP contribution >= 0.6 is 23.1 Å². The van der Waals surface area contributed by atoms with Gasteiger partial charge in [0.15, 0.2) is 4.34 Å². The van der Waals surface area contributed by atoms with E-state index >= 15 is 0 Å². The van der Waals surface area contributed by atoms with Gasteiger partial charge in [-0.05, 0) is 18.1 Å². The van der Waals surface area contributed by atoms with Crippen molar-refractivity contribution in [1.29, 1.82) is 0 Å². The van der Waals surface area contributed by atoms with Gasteiger partial charge in [0.25, 0.3) is 0 Å². The zero-order valence-electron chi connectivity index (χ0n) is 14.2. The molecule has 0 radical (unpaired) electrons. The fourth-order valence-electron chi connectivity index (χ4n) is 1.92. The van der Waals surface area contributed by atoms with E-state index in [1.54, 1.807) is 19.2 Å². The number of carbonyl (C=O) groups is 2. The maximum absolute atomic E-state index is 12.1. The summed E-state index contributed by atoms with van der Waals surface area (Å²) in [5.41, 5.74) is 0.620. The van der Waals surface area contributed by atoms with E-state index in [-0.39, 0.29) is 23.5 Å². The maximum atomic E-state index is 12.1. The average Bonchev–Trinajstić information content (AvgIpc) is 3.00. The lowest BCUT2D eigenvalue weighted by Gasteiger charge is -2.08. The van der Waals surface area contributed by atoms with Crippen LogP contribution < -0.4 is 15.4 Å². The Morgan fingerprint density at radius 1 is 1.20 bits per heavy atom. The number of nitrogens with one attached hydrogen (secondary N) is 2. The van der Waals surface area contributed by atoms with Crippen molar-refractivity contribution in [2.24, 2.45) is 5.92 Å². The molecule has 0 aliphatic carbocycles. The van der Waals surface area contributed by atoms with Crippen molar-refractivity contribution in [3.63, 3.8) is 0 Å². The lowest BCUT2D eigenvalue weighted by molar-refractivity contribution is -0.117. The van der Waals surface area contributed by atoms with Gasteiger partial charge < -0.3 is 15.4 Å². The Hall–Kier alpha value is -2.13. The minimum absolute atomic E-state index is 0.0865. The molecular weight excluding hydrogens is 360 g/mol. The number of rotatable bonds is 8. The number of carbonyl (C=O) groups excluding carboxylic acids is 2. The first-order chi connectivity index (χ1) is 12.0. The summed E-state index contributed by atoms with van der Waals surface area (Å²) in [5.74, 6) is 0.811. The van der Waals surface area contributed by atoms with Gasteiger partial charge in [0.2, 0.25) is 16.9 Å². The molecule has 0 saturated heterocycles. The van der Waals surface area contributed by atoms with Gasteiger partial charge in [-0.25, -0.2) is 0 Å². The van der Waals surface area contributed by atoms with Crippen molar-refractivity contribution in [2.45, 2.75) is 24.6 Å². The van der Waals surface area contributed by atoms with E-state index in [1.807, 2.05) is 26.0 Å². The number of nitrogens with zero attached hydrogens (tertiary/aromatic N) is 2. The third-order valence-electron chi connectivity index (χ3n) is 2.95. The summed E-state index contributed by atoms with van der Waals surface area (Å²) in [4.78, 5) is 23.8. The van der Waals surface area contributed by atoms with E-state index in [9.17, 15) is 9.59 Å². The minimum atomic E-state index is -0.171. The van der Waals surface area contributed by atoms with Crippen LogP contribution in [-0.2, 0) is 9.59 Å². The van der Waals surface area contributed by atoms with Gasteiger partial charge in [-0.15, -0.1) is 10.2 Å². The molecule has 2 rings (SSSR count). The standard InChI is InChI=1S/C16H20N4O3S2/c1-10(2)8-13(21)18-15-19-20-16(25-15)24-9-14(22)17-11-6-4-5-7-12(11)23-3/h4-7,10H,8-9H2,1-3H3,(H,17,22)(H,18,19,21). The third kappa shape index (κ3) is 6.35. The Morgan fingerprint density at radius 2 is 1.96 bits per heavy atom. The second kappa shape index (κ2) is 9.38. The highest BCUT2D eigenvalue weighted by molar-refractivity contribution is 8.01. The van der Waals surface area contributed by atoms with Crippen molar-refractivity contribution in [2.75, 3.05) is 23.5 Å². The summed E-state index contributed by atoms with van der Waals surface area (Å²) in [7, 11) is 1.55. The van der Waals surface area contributed by atoms with Gasteiger partial charge in [-0.2, -0.15) is 0 Å². The number of thioether (sulfide) groups is 1. The molecule has 1 aromatic carbocycles. The number of anilines is 2. The van der Waals surface area contributed by atoms with Gasteiger partial charge in [0.1, 0.15) is 5.75 Å². The van der Waals surface area contributed by atoms with Crippen LogP contribution in [0.5, 0.6) is 5.75 Å². The van der Waals surface area contributed by atoms with Gasteiger partial charge in [0, 0.05) is 6.42 Å². The lowest BCUT2D eigenvalue weighted by Crippen LogP contribution is -2.14. The molecule has 2 aromatic rings. The van der Waals surface area contributed by atoms with Crippen LogP contribution in [0.2, 0.25) is 0 Å². The molecule has 0 atom stereocenters. The fraction of sp³-hybridized carbons (Fsp3) is 0.375. The number of amides is 2. The molecule has 0 aliphatic rings. The van der Waals surface area contributed by atoms with Crippen LogP contribution in [0.1, 0.15) is 20.3 Å². The maximum Gasteiger partial charge on any atom is 0.234 e. The van der Waals surface area contributed by atoms with Crippen LogP contribution in [0.4, 0.5) is 10.8 Å². The van der Waals surface area contributed by atoms with Gasteiger partial charge >= 0.3 is 0 Å². The van der Waals surface area contributed by atoms with Crippen LogP contribution in [0, 0.1) is 5.92 Å². The van der Waals surface area contributed by atoms with Gasteiger partial charge in [-0.1, -0.05) is 49.1 Å². The molecule has 0 saturated carbocycles. The number of para-hydroxylation sites is 2. The minimum Gasteiger partial charge on any atom is -0.495 e. The van der Waals surface area contributed by atoms with E-state index in [0.717, 1.165) is 0 Å². The molecule has 7 nitrogen and oxygen atoms in total. The molecule has 9 heteroatoms. The number of ether oxygens (including phenoxy) is 1. The number of methoxy groups -OCH3 is 1. The van der Waals surface area contributed by atoms with E-state index in [0.29, 0.717) is 27.3 Å². The van der Waals surface area contributed by atoms with E-state index in [1.165, 1.54) is 23.1 Å². The number of aromatic nitrogens is 2. The zero-order valence-corrected chi connectivity index (χ0v) is 15.9. The Morgan fingerprint density at radius 3 is 2.68 bits per heavy atom. The van der Waals surface area contributed by atoms with Crippen LogP contribution in [0.3, 0.4) is 0 Å². The molecule has 2 amide bonds. The van der Waals surface area contributed by atoms with Crippen molar-refractivity contribution in [3.05, 3.63) is 24.3 Å². The van der Waals surface area contributed by atoms with Crippen molar-refractivity contribution < 1.29 is 14.3 Å². The SMILES string of the molecule is COc1ccccc1NC(=O)CSc1nnc(NC(=O)CC(C)C)s1. The molecular formula is C16H20N4O3S2. The lowest BCUT2D eigenvalue weighted by atomic mass is 10.1. The van der Waals surface area contributed by atoms with Crippen LogP contribution in [0.25, 0.3) is 0 Å². The number of benzene rings is 1. The average molecular weight is 380 g/mol. The Bertz CT molecular complexity index is 734. The molecule has 1 heterocycles. The summed E-state index contributed by atoms with van der Waals surface area (Å²) < 4.78 is 5.82. The predicted molar refractivity (Wildman–Crippen MR) is 100 cm³/mol. The molecule has 0 spiro atoms. The summed E-state index contributed by atoms with van der Waals surface area (Å²) >= 11 is 2.51. The quantitative estimate of drug-likeness (QED) is 0.539. The van der Waals surface area contributed by atoms with Crippen LogP contribution in [-0.4, -0.2) is 34.9 Å². The second-order valence-corrected chi connectivity index (χ2v) is 7.76. The third-order valence-corrected chi connectivity index (χ3v) is 4.93. The van der Waals surface area contributed by atoms with E-state index in [2.05, 4.69) is 20.8 Å². The molecule has 0 aliphatic heterocycles. The van der Waals surface area contributed by atoms with Crippen molar-refractivity contribution in [3.8, 4) is 5.75 Å². The smallest absolute Gasteiger partial charge is 0.234 e. The van der Waals surface area contributed by atoms with E-state index in [4.69, 9.17) is 4.74 Å². The highest BCUT2D eigenvalue weighted by Crippen LogP contribution is 2.27. The molecule has 1 aromatic heterocycles. The number of hydrogen-bond donors (Lipinski definition) is 2. The monoisotopic (exact) mass is 380 g/mol. The normalized spacial score (nSPS) is 10.6. The molecule has 134 valence electrons. The van der Waals surface area contributed by atoms with Crippen molar-refractivity contribution >= 4 is 45.7 Å². The van der Waals surface area contributed by atoms with Crippen LogP contribution in [0.15, 0.2) is 28.6 Å². The Kier molecular flexibility index (Phi) is 7.20.